The molecule has 1 aromatic carbocycles. The third-order valence-electron chi connectivity index (χ3n) is 3.16. The Balaban J connectivity index is 2.55. The van der Waals surface area contributed by atoms with Crippen molar-refractivity contribution in [3.05, 3.63) is 29.8 Å². The first-order valence-electron chi connectivity index (χ1n) is 7.86. The number of carboxylic acids is 1. The molecule has 0 saturated carbocycles. The maximum absolute atomic E-state index is 12.0. The van der Waals surface area contributed by atoms with Gasteiger partial charge in [-0.3, -0.25) is 9.59 Å². The molecule has 1 atom stereocenters. The van der Waals surface area contributed by atoms with E-state index < -0.39 is 23.8 Å². The topological polar surface area (TPSA) is 105 Å². The number of amides is 2. The fourth-order valence-corrected chi connectivity index (χ4v) is 2.09. The highest BCUT2D eigenvalue weighted by molar-refractivity contribution is 5.97. The van der Waals surface area contributed by atoms with Crippen molar-refractivity contribution in [3.63, 3.8) is 0 Å². The summed E-state index contributed by atoms with van der Waals surface area (Å²) in [5.74, 6) is -1.37. The van der Waals surface area contributed by atoms with Crippen molar-refractivity contribution in [1.82, 2.24) is 10.6 Å². The molecule has 7 heteroatoms. The molecular weight excluding hydrogens is 312 g/mol. The number of hydrogen-bond donors (Lipinski definition) is 3. The van der Waals surface area contributed by atoms with E-state index in [4.69, 9.17) is 9.84 Å². The molecule has 24 heavy (non-hydrogen) atoms. The zero-order chi connectivity index (χ0) is 18.1. The second-order valence-electron chi connectivity index (χ2n) is 5.73. The van der Waals surface area contributed by atoms with E-state index in [1.807, 2.05) is 20.8 Å². The number of ether oxygens (including phenoxy) is 1. The molecule has 0 fully saturated rings. The molecule has 0 aliphatic rings. The highest BCUT2D eigenvalue weighted by atomic mass is 16.5. The number of carbonyl (C=O) groups is 3. The molecule has 0 heterocycles. The second kappa shape index (κ2) is 9.54. The van der Waals surface area contributed by atoms with Crippen molar-refractivity contribution < 1.29 is 24.2 Å². The molecule has 0 unspecified atom stereocenters. The Morgan fingerprint density at radius 3 is 2.54 bits per heavy atom. The van der Waals surface area contributed by atoms with Crippen molar-refractivity contribution in [3.8, 4) is 5.75 Å². The number of carbonyl (C=O) groups excluding carboxylic acids is 2. The minimum Gasteiger partial charge on any atom is -0.494 e. The van der Waals surface area contributed by atoms with Crippen molar-refractivity contribution >= 4 is 17.8 Å². The molecule has 0 aromatic heterocycles. The second-order valence-corrected chi connectivity index (χ2v) is 5.73. The summed E-state index contributed by atoms with van der Waals surface area (Å²) in [6, 6.07) is 5.64. The van der Waals surface area contributed by atoms with Crippen LogP contribution in [0.2, 0.25) is 0 Å². The Morgan fingerprint density at radius 1 is 1.25 bits per heavy atom. The molecule has 132 valence electrons. The zero-order valence-corrected chi connectivity index (χ0v) is 14.2. The van der Waals surface area contributed by atoms with Gasteiger partial charge in [0.05, 0.1) is 13.2 Å². The molecular formula is C17H24N2O5. The van der Waals surface area contributed by atoms with Crippen LogP contribution in [0.25, 0.3) is 0 Å². The summed E-state index contributed by atoms with van der Waals surface area (Å²) < 4.78 is 5.31. The minimum absolute atomic E-state index is 0.127. The molecule has 1 aromatic rings. The molecule has 0 saturated heterocycles. The van der Waals surface area contributed by atoms with Gasteiger partial charge in [0.15, 0.2) is 0 Å². The lowest BCUT2D eigenvalue weighted by molar-refractivity contribution is -0.142. The van der Waals surface area contributed by atoms with Crippen LogP contribution in [0.5, 0.6) is 5.75 Å². The van der Waals surface area contributed by atoms with Crippen LogP contribution in [0, 0.1) is 5.92 Å². The number of rotatable bonds is 9. The van der Waals surface area contributed by atoms with Crippen LogP contribution in [-0.4, -0.2) is 42.1 Å². The van der Waals surface area contributed by atoms with Gasteiger partial charge < -0.3 is 20.5 Å². The molecule has 0 spiro atoms. The summed E-state index contributed by atoms with van der Waals surface area (Å²) in [5.41, 5.74) is 0.366. The quantitative estimate of drug-likeness (QED) is 0.633. The van der Waals surface area contributed by atoms with Crippen molar-refractivity contribution in [1.29, 1.82) is 0 Å². The third kappa shape index (κ3) is 6.68. The summed E-state index contributed by atoms with van der Waals surface area (Å²) in [7, 11) is 0. The van der Waals surface area contributed by atoms with E-state index in [1.165, 1.54) is 0 Å². The molecule has 2 amide bonds. The summed E-state index contributed by atoms with van der Waals surface area (Å²) in [6.45, 7) is 5.77. The standard InChI is InChI=1S/C17H24N2O5/c1-4-24-13-7-5-6-12(9-13)16(21)18-10-15(20)19-14(17(22)23)8-11(2)3/h5-7,9,11,14H,4,8,10H2,1-3H3,(H,18,21)(H,19,20)(H,22,23)/t14-/m0/s1. The van der Waals surface area contributed by atoms with Gasteiger partial charge in [-0.05, 0) is 37.5 Å². The SMILES string of the molecule is CCOc1cccc(C(=O)NCC(=O)N[C@@H](CC(C)C)C(=O)O)c1. The van der Waals surface area contributed by atoms with Crippen LogP contribution in [0.4, 0.5) is 0 Å². The van der Waals surface area contributed by atoms with Gasteiger partial charge in [0.1, 0.15) is 11.8 Å². The van der Waals surface area contributed by atoms with Gasteiger partial charge in [0, 0.05) is 5.56 Å². The Kier molecular flexibility index (Phi) is 7.74. The molecule has 1 rings (SSSR count). The average Bonchev–Trinajstić information content (AvgIpc) is 2.52. The number of nitrogens with one attached hydrogen (secondary N) is 2. The van der Waals surface area contributed by atoms with E-state index in [2.05, 4.69) is 10.6 Å². The predicted octanol–water partition coefficient (Wildman–Crippen LogP) is 1.43. The molecule has 0 aliphatic heterocycles. The van der Waals surface area contributed by atoms with Gasteiger partial charge in [-0.1, -0.05) is 19.9 Å². The summed E-state index contributed by atoms with van der Waals surface area (Å²) >= 11 is 0. The van der Waals surface area contributed by atoms with Crippen LogP contribution in [-0.2, 0) is 9.59 Å². The molecule has 0 aliphatic carbocycles. The minimum atomic E-state index is -1.09. The highest BCUT2D eigenvalue weighted by Crippen LogP contribution is 2.13. The van der Waals surface area contributed by atoms with E-state index in [1.54, 1.807) is 24.3 Å². The average molecular weight is 336 g/mol. The van der Waals surface area contributed by atoms with Crippen molar-refractivity contribution in [2.45, 2.75) is 33.2 Å². The zero-order valence-electron chi connectivity index (χ0n) is 14.2. The van der Waals surface area contributed by atoms with E-state index in [0.717, 1.165) is 0 Å². The van der Waals surface area contributed by atoms with Crippen LogP contribution in [0.15, 0.2) is 24.3 Å². The summed E-state index contributed by atoms with van der Waals surface area (Å²) in [6.07, 6.45) is 0.325. The van der Waals surface area contributed by atoms with Crippen LogP contribution < -0.4 is 15.4 Å². The number of benzene rings is 1. The highest BCUT2D eigenvalue weighted by Gasteiger charge is 2.21. The molecule has 7 nitrogen and oxygen atoms in total. The molecule has 0 bridgehead atoms. The van der Waals surface area contributed by atoms with Gasteiger partial charge in [0.25, 0.3) is 5.91 Å². The van der Waals surface area contributed by atoms with Crippen LogP contribution in [0.1, 0.15) is 37.6 Å². The Hall–Kier alpha value is -2.57. The Morgan fingerprint density at radius 2 is 1.96 bits per heavy atom. The maximum atomic E-state index is 12.0. The van der Waals surface area contributed by atoms with E-state index in [9.17, 15) is 14.4 Å². The monoisotopic (exact) mass is 336 g/mol. The largest absolute Gasteiger partial charge is 0.494 e. The third-order valence-corrected chi connectivity index (χ3v) is 3.16. The van der Waals surface area contributed by atoms with Gasteiger partial charge in [0.2, 0.25) is 5.91 Å². The normalized spacial score (nSPS) is 11.7. The first-order valence-corrected chi connectivity index (χ1v) is 7.86. The van der Waals surface area contributed by atoms with Gasteiger partial charge >= 0.3 is 5.97 Å². The van der Waals surface area contributed by atoms with E-state index >= 15 is 0 Å². The predicted molar refractivity (Wildman–Crippen MR) is 89.0 cm³/mol. The van der Waals surface area contributed by atoms with Crippen LogP contribution >= 0.6 is 0 Å². The summed E-state index contributed by atoms with van der Waals surface area (Å²) in [4.78, 5) is 35.0. The van der Waals surface area contributed by atoms with Crippen molar-refractivity contribution in [2.24, 2.45) is 5.92 Å². The fourth-order valence-electron chi connectivity index (χ4n) is 2.09. The first-order chi connectivity index (χ1) is 11.3. The summed E-state index contributed by atoms with van der Waals surface area (Å²) in [5, 5.41) is 14.0. The number of aliphatic carboxylic acids is 1. The van der Waals surface area contributed by atoms with E-state index in [-0.39, 0.29) is 12.5 Å². The molecule has 0 radical (unpaired) electrons. The molecule has 3 N–H and O–H groups in total. The van der Waals surface area contributed by atoms with E-state index in [0.29, 0.717) is 24.3 Å². The van der Waals surface area contributed by atoms with Gasteiger partial charge in [-0.2, -0.15) is 0 Å². The van der Waals surface area contributed by atoms with Crippen molar-refractivity contribution in [2.75, 3.05) is 13.2 Å². The fraction of sp³-hybridized carbons (Fsp3) is 0.471. The van der Waals surface area contributed by atoms with Crippen LogP contribution in [0.3, 0.4) is 0 Å². The smallest absolute Gasteiger partial charge is 0.326 e. The lowest BCUT2D eigenvalue weighted by Crippen LogP contribution is -2.46. The van der Waals surface area contributed by atoms with Gasteiger partial charge in [-0.25, -0.2) is 4.79 Å². The lowest BCUT2D eigenvalue weighted by Gasteiger charge is -2.16. The first kappa shape index (κ1) is 19.5. The van der Waals surface area contributed by atoms with Gasteiger partial charge in [-0.15, -0.1) is 0 Å². The lowest BCUT2D eigenvalue weighted by atomic mass is 10.0. The maximum Gasteiger partial charge on any atom is 0.326 e. The number of carboxylic acid groups (broad SMARTS) is 1. The number of hydrogen-bond acceptors (Lipinski definition) is 4. The Bertz CT molecular complexity index is 586. The Labute approximate surface area is 141 Å².